The van der Waals surface area contributed by atoms with Crippen molar-refractivity contribution in [3.63, 3.8) is 0 Å². The molecule has 3 aromatic rings. The lowest BCUT2D eigenvalue weighted by atomic mass is 10.1. The third kappa shape index (κ3) is 2.97. The van der Waals surface area contributed by atoms with Crippen LogP contribution in [0.4, 0.5) is 11.8 Å². The van der Waals surface area contributed by atoms with Crippen molar-refractivity contribution < 1.29 is 29.5 Å². The van der Waals surface area contributed by atoms with Gasteiger partial charge in [-0.3, -0.25) is 4.57 Å². The predicted molar refractivity (Wildman–Crippen MR) is 103 cm³/mol. The average Bonchev–Trinajstić information content (AvgIpc) is 3.43. The maximum absolute atomic E-state index is 10.5. The second kappa shape index (κ2) is 7.25. The molecule has 6 N–H and O–H groups in total. The minimum atomic E-state index is -1.30. The summed E-state index contributed by atoms with van der Waals surface area (Å²) in [5.41, 5.74) is 7.49. The summed E-state index contributed by atoms with van der Waals surface area (Å²) >= 11 is 0. The standard InChI is InChI=1S/C18H20N6O6/c19-15-12-16(22-6-21-15)24(17-14(27)13(26)11(5-25)30-17)18(23-12)20-4-8-1-2-9-10(3-8)29-7-28-9/h1-3,6,11,13-14,17,25-27H,4-5,7H2,(H,20,23)(H2,19,21,22)/t11-,13-,14-,17-/m1/s1. The average molecular weight is 416 g/mol. The van der Waals surface area contributed by atoms with E-state index in [1.165, 1.54) is 10.9 Å². The summed E-state index contributed by atoms with van der Waals surface area (Å²) in [5, 5.41) is 33.3. The summed E-state index contributed by atoms with van der Waals surface area (Å²) in [6.07, 6.45) is -3.27. The summed E-state index contributed by atoms with van der Waals surface area (Å²) in [7, 11) is 0. The molecule has 5 rings (SSSR count). The van der Waals surface area contributed by atoms with E-state index in [-0.39, 0.29) is 12.6 Å². The number of hydrogen-bond donors (Lipinski definition) is 5. The molecule has 1 saturated heterocycles. The first-order chi connectivity index (χ1) is 14.6. The second-order valence-electron chi connectivity index (χ2n) is 7.01. The Kier molecular flexibility index (Phi) is 4.55. The first kappa shape index (κ1) is 18.8. The Labute approximate surface area is 169 Å². The SMILES string of the molecule is Nc1ncnc2c1nc(NCc1ccc3c(c1)OCO3)n2[C@@H]1O[C@H](CO)[C@@H](O)[C@H]1O. The highest BCUT2D eigenvalue weighted by Gasteiger charge is 2.45. The lowest BCUT2D eigenvalue weighted by Gasteiger charge is -2.19. The van der Waals surface area contributed by atoms with Gasteiger partial charge in [0.1, 0.15) is 24.6 Å². The van der Waals surface area contributed by atoms with Gasteiger partial charge in [-0.1, -0.05) is 6.07 Å². The predicted octanol–water partition coefficient (Wildman–Crippen LogP) is -0.639. The summed E-state index contributed by atoms with van der Waals surface area (Å²) in [6, 6.07) is 5.55. The van der Waals surface area contributed by atoms with Crippen LogP contribution in [-0.2, 0) is 11.3 Å². The minimum absolute atomic E-state index is 0.164. The van der Waals surface area contributed by atoms with Gasteiger partial charge in [0, 0.05) is 6.54 Å². The fraction of sp³-hybridized carbons (Fsp3) is 0.389. The van der Waals surface area contributed by atoms with E-state index < -0.39 is 31.1 Å². The Balaban J connectivity index is 1.50. The van der Waals surface area contributed by atoms with E-state index in [1.807, 2.05) is 18.2 Å². The Bertz CT molecular complexity index is 1090. The molecule has 0 bridgehead atoms. The van der Waals surface area contributed by atoms with Crippen molar-refractivity contribution in [3.8, 4) is 11.5 Å². The van der Waals surface area contributed by atoms with Gasteiger partial charge < -0.3 is 40.6 Å². The van der Waals surface area contributed by atoms with Crippen LogP contribution in [0.15, 0.2) is 24.5 Å². The fourth-order valence-corrected chi connectivity index (χ4v) is 3.62. The Morgan fingerprint density at radius 1 is 1.17 bits per heavy atom. The maximum Gasteiger partial charge on any atom is 0.231 e. The third-order valence-corrected chi connectivity index (χ3v) is 5.16. The number of aliphatic hydroxyl groups is 3. The lowest BCUT2D eigenvalue weighted by Crippen LogP contribution is -2.33. The van der Waals surface area contributed by atoms with E-state index in [4.69, 9.17) is 19.9 Å². The molecule has 2 aliphatic rings. The fourth-order valence-electron chi connectivity index (χ4n) is 3.62. The molecule has 4 heterocycles. The van der Waals surface area contributed by atoms with Crippen LogP contribution in [0.1, 0.15) is 11.8 Å². The van der Waals surface area contributed by atoms with Crippen LogP contribution >= 0.6 is 0 Å². The number of anilines is 2. The number of aliphatic hydroxyl groups excluding tert-OH is 3. The molecular formula is C18H20N6O6. The van der Waals surface area contributed by atoms with E-state index >= 15 is 0 Å². The Hall–Kier alpha value is -3.19. The zero-order valence-electron chi connectivity index (χ0n) is 15.7. The van der Waals surface area contributed by atoms with Crippen LogP contribution in [0.3, 0.4) is 0 Å². The van der Waals surface area contributed by atoms with Crippen LogP contribution in [-0.4, -0.2) is 66.6 Å². The zero-order valence-corrected chi connectivity index (χ0v) is 15.7. The largest absolute Gasteiger partial charge is 0.454 e. The molecule has 12 heteroatoms. The summed E-state index contributed by atoms with van der Waals surface area (Å²) in [5.74, 6) is 1.81. The van der Waals surface area contributed by atoms with Gasteiger partial charge in [0.15, 0.2) is 34.7 Å². The molecule has 12 nitrogen and oxygen atoms in total. The normalized spacial score (nSPS) is 25.2. The molecule has 30 heavy (non-hydrogen) atoms. The van der Waals surface area contributed by atoms with Gasteiger partial charge in [-0.05, 0) is 17.7 Å². The van der Waals surface area contributed by atoms with E-state index in [9.17, 15) is 15.3 Å². The Morgan fingerprint density at radius 3 is 2.80 bits per heavy atom. The molecule has 0 radical (unpaired) electrons. The van der Waals surface area contributed by atoms with Crippen molar-refractivity contribution in [2.45, 2.75) is 31.1 Å². The van der Waals surface area contributed by atoms with Gasteiger partial charge in [0.05, 0.1) is 6.61 Å². The quantitative estimate of drug-likeness (QED) is 0.358. The summed E-state index contributed by atoms with van der Waals surface area (Å²) < 4.78 is 17.9. The molecule has 1 fully saturated rings. The number of ether oxygens (including phenoxy) is 3. The lowest BCUT2D eigenvalue weighted by molar-refractivity contribution is -0.0501. The van der Waals surface area contributed by atoms with Crippen molar-refractivity contribution in [2.75, 3.05) is 24.5 Å². The van der Waals surface area contributed by atoms with Gasteiger partial charge >= 0.3 is 0 Å². The number of benzene rings is 1. The summed E-state index contributed by atoms with van der Waals surface area (Å²) in [4.78, 5) is 12.6. The summed E-state index contributed by atoms with van der Waals surface area (Å²) in [6.45, 7) is 0.103. The van der Waals surface area contributed by atoms with E-state index in [2.05, 4.69) is 20.3 Å². The number of fused-ring (bicyclic) bond motifs is 2. The van der Waals surface area contributed by atoms with Crippen molar-refractivity contribution in [1.29, 1.82) is 0 Å². The first-order valence-corrected chi connectivity index (χ1v) is 9.30. The smallest absolute Gasteiger partial charge is 0.231 e. The van der Waals surface area contributed by atoms with Crippen LogP contribution in [0, 0.1) is 0 Å². The van der Waals surface area contributed by atoms with Crippen LogP contribution in [0.2, 0.25) is 0 Å². The van der Waals surface area contributed by atoms with Gasteiger partial charge in [-0.2, -0.15) is 0 Å². The third-order valence-electron chi connectivity index (χ3n) is 5.16. The maximum atomic E-state index is 10.5. The topological polar surface area (TPSA) is 170 Å². The highest BCUT2D eigenvalue weighted by atomic mass is 16.7. The minimum Gasteiger partial charge on any atom is -0.454 e. The monoisotopic (exact) mass is 416 g/mol. The van der Waals surface area contributed by atoms with Crippen molar-refractivity contribution in [2.24, 2.45) is 0 Å². The van der Waals surface area contributed by atoms with E-state index in [1.54, 1.807) is 0 Å². The molecular weight excluding hydrogens is 396 g/mol. The highest BCUT2D eigenvalue weighted by molar-refractivity contribution is 5.84. The van der Waals surface area contributed by atoms with Crippen molar-refractivity contribution >= 4 is 22.9 Å². The number of nitrogens with two attached hydrogens (primary N) is 1. The highest BCUT2D eigenvalue weighted by Crippen LogP contribution is 2.36. The molecule has 0 amide bonds. The zero-order chi connectivity index (χ0) is 20.8. The molecule has 0 saturated carbocycles. The number of aromatic nitrogens is 4. The molecule has 0 aliphatic carbocycles. The van der Waals surface area contributed by atoms with Crippen LogP contribution in [0.25, 0.3) is 11.2 Å². The molecule has 4 atom stereocenters. The molecule has 0 spiro atoms. The van der Waals surface area contributed by atoms with E-state index in [0.29, 0.717) is 35.2 Å². The van der Waals surface area contributed by atoms with Gasteiger partial charge in [0.25, 0.3) is 0 Å². The number of nitrogens with one attached hydrogen (secondary N) is 1. The number of rotatable bonds is 5. The van der Waals surface area contributed by atoms with Gasteiger partial charge in [-0.15, -0.1) is 0 Å². The van der Waals surface area contributed by atoms with Gasteiger partial charge in [-0.25, -0.2) is 15.0 Å². The number of hydrogen-bond acceptors (Lipinski definition) is 11. The second-order valence-corrected chi connectivity index (χ2v) is 7.01. The molecule has 1 aromatic carbocycles. The molecule has 0 unspecified atom stereocenters. The number of nitrogens with zero attached hydrogens (tertiary/aromatic N) is 4. The Morgan fingerprint density at radius 2 is 2.00 bits per heavy atom. The van der Waals surface area contributed by atoms with Crippen molar-refractivity contribution in [1.82, 2.24) is 19.5 Å². The van der Waals surface area contributed by atoms with E-state index in [0.717, 1.165) is 5.56 Å². The molecule has 2 aromatic heterocycles. The van der Waals surface area contributed by atoms with Crippen LogP contribution in [0.5, 0.6) is 11.5 Å². The molecule has 158 valence electrons. The van der Waals surface area contributed by atoms with Gasteiger partial charge in [0.2, 0.25) is 12.7 Å². The van der Waals surface area contributed by atoms with Crippen molar-refractivity contribution in [3.05, 3.63) is 30.1 Å². The first-order valence-electron chi connectivity index (χ1n) is 9.30. The number of imidazole rings is 1. The van der Waals surface area contributed by atoms with Crippen LogP contribution < -0.4 is 20.5 Å². The molecule has 2 aliphatic heterocycles. The number of nitrogen functional groups attached to an aromatic ring is 1.